The molecule has 0 rings (SSSR count). The number of carbonyl (C=O) groups is 2. The minimum Gasteiger partial charge on any atom is -0.480 e. The smallest absolute Gasteiger partial charge is 0.327 e. The highest BCUT2D eigenvalue weighted by molar-refractivity contribution is 5.90. The maximum Gasteiger partial charge on any atom is 0.327 e. The molecule has 0 heterocycles. The van der Waals surface area contributed by atoms with Gasteiger partial charge in [0.2, 0.25) is 5.91 Å². The van der Waals surface area contributed by atoms with Crippen molar-refractivity contribution in [1.29, 1.82) is 0 Å². The monoisotopic (exact) mass is 172 g/mol. The lowest BCUT2D eigenvalue weighted by Gasteiger charge is -2.11. The van der Waals surface area contributed by atoms with E-state index in [0.29, 0.717) is 0 Å². The summed E-state index contributed by atoms with van der Waals surface area (Å²) < 4.78 is 0. The van der Waals surface area contributed by atoms with E-state index in [1.807, 2.05) is 0 Å². The highest BCUT2D eigenvalue weighted by Crippen LogP contribution is 1.82. The average molecular weight is 172 g/mol. The second-order valence-corrected chi connectivity index (χ2v) is 2.16. The Labute approximate surface area is 70.5 Å². The molecule has 0 radical (unpaired) electrons. The Balaban J connectivity index is 4.03. The minimum absolute atomic E-state index is 0.189. The van der Waals surface area contributed by atoms with Crippen LogP contribution in [-0.2, 0) is 9.59 Å². The van der Waals surface area contributed by atoms with Crippen molar-refractivity contribution in [2.75, 3.05) is 13.6 Å². The number of likely N-dealkylation sites (N-methyl/N-ethyl adjacent to an activating group) is 1. The Hall–Kier alpha value is -1.36. The first-order chi connectivity index (χ1) is 5.61. The first-order valence-corrected chi connectivity index (χ1v) is 3.42. The van der Waals surface area contributed by atoms with Crippen LogP contribution in [0.2, 0.25) is 0 Å². The predicted molar refractivity (Wildman–Crippen MR) is 43.7 cm³/mol. The fourth-order valence-electron chi connectivity index (χ4n) is 0.635. The van der Waals surface area contributed by atoms with Gasteiger partial charge < -0.3 is 15.7 Å². The number of hydrogen-bond donors (Lipinski definition) is 3. The van der Waals surface area contributed by atoms with Crippen molar-refractivity contribution < 1.29 is 14.7 Å². The summed E-state index contributed by atoms with van der Waals surface area (Å²) in [5.74, 6) is -1.56. The first-order valence-electron chi connectivity index (χ1n) is 3.42. The lowest BCUT2D eigenvalue weighted by Crippen LogP contribution is -2.45. The lowest BCUT2D eigenvalue weighted by molar-refractivity contribution is -0.141. The van der Waals surface area contributed by atoms with Crippen molar-refractivity contribution in [2.24, 2.45) is 0 Å². The highest BCUT2D eigenvalue weighted by Gasteiger charge is 2.16. The average Bonchev–Trinajstić information content (AvgIpc) is 2.03. The van der Waals surface area contributed by atoms with E-state index in [4.69, 9.17) is 5.11 Å². The van der Waals surface area contributed by atoms with Gasteiger partial charge >= 0.3 is 5.97 Å². The molecule has 0 aromatic heterocycles. The molecule has 1 amide bonds. The van der Waals surface area contributed by atoms with Gasteiger partial charge in [-0.1, -0.05) is 6.58 Å². The topological polar surface area (TPSA) is 78.4 Å². The van der Waals surface area contributed by atoms with Crippen molar-refractivity contribution in [2.45, 2.75) is 6.04 Å². The van der Waals surface area contributed by atoms with E-state index in [2.05, 4.69) is 17.2 Å². The van der Waals surface area contributed by atoms with Crippen LogP contribution in [0.4, 0.5) is 0 Å². The number of rotatable bonds is 5. The molecule has 0 aromatic rings. The van der Waals surface area contributed by atoms with Gasteiger partial charge in [0, 0.05) is 6.54 Å². The Kier molecular flexibility index (Phi) is 4.71. The van der Waals surface area contributed by atoms with Crippen LogP contribution in [0.5, 0.6) is 0 Å². The van der Waals surface area contributed by atoms with E-state index < -0.39 is 17.9 Å². The van der Waals surface area contributed by atoms with Crippen LogP contribution in [-0.4, -0.2) is 36.6 Å². The third-order valence-corrected chi connectivity index (χ3v) is 1.21. The SMILES string of the molecule is C=CC(=O)NC(CNC)C(=O)O. The number of nitrogens with one attached hydrogen (secondary N) is 2. The maximum absolute atomic E-state index is 10.7. The van der Waals surface area contributed by atoms with E-state index in [-0.39, 0.29) is 6.54 Å². The standard InChI is InChI=1S/C7H12N2O3/c1-3-6(10)9-5(4-8-2)7(11)12/h3,5,8H,1,4H2,2H3,(H,9,10)(H,11,12). The zero-order valence-corrected chi connectivity index (χ0v) is 6.83. The molecule has 0 aliphatic rings. The minimum atomic E-state index is -1.07. The van der Waals surface area contributed by atoms with Crippen molar-refractivity contribution in [1.82, 2.24) is 10.6 Å². The molecule has 12 heavy (non-hydrogen) atoms. The van der Waals surface area contributed by atoms with E-state index in [1.54, 1.807) is 7.05 Å². The molecule has 5 nitrogen and oxygen atoms in total. The molecule has 0 bridgehead atoms. The fraction of sp³-hybridized carbons (Fsp3) is 0.429. The van der Waals surface area contributed by atoms with Crippen molar-refractivity contribution in [3.63, 3.8) is 0 Å². The third kappa shape index (κ3) is 3.72. The highest BCUT2D eigenvalue weighted by atomic mass is 16.4. The van der Waals surface area contributed by atoms with Crippen LogP contribution in [0.1, 0.15) is 0 Å². The van der Waals surface area contributed by atoms with Gasteiger partial charge in [-0.25, -0.2) is 4.79 Å². The summed E-state index contributed by atoms with van der Waals surface area (Å²) >= 11 is 0. The predicted octanol–water partition coefficient (Wildman–Crippen LogP) is -1.04. The molecule has 0 saturated heterocycles. The van der Waals surface area contributed by atoms with E-state index in [0.717, 1.165) is 6.08 Å². The van der Waals surface area contributed by atoms with Gasteiger partial charge in [0.1, 0.15) is 6.04 Å². The van der Waals surface area contributed by atoms with Gasteiger partial charge in [0.15, 0.2) is 0 Å². The lowest BCUT2D eigenvalue weighted by atomic mass is 10.3. The Bertz CT molecular complexity index is 191. The number of carboxylic acid groups (broad SMARTS) is 1. The van der Waals surface area contributed by atoms with Crippen LogP contribution in [0, 0.1) is 0 Å². The molecule has 1 atom stereocenters. The summed E-state index contributed by atoms with van der Waals surface area (Å²) in [6.45, 7) is 3.40. The van der Waals surface area contributed by atoms with Gasteiger partial charge in [-0.2, -0.15) is 0 Å². The molecule has 5 heteroatoms. The first kappa shape index (κ1) is 10.6. The summed E-state index contributed by atoms with van der Waals surface area (Å²) in [5.41, 5.74) is 0. The molecule has 0 saturated carbocycles. The molecule has 0 aromatic carbocycles. The quantitative estimate of drug-likeness (QED) is 0.463. The molecule has 3 N–H and O–H groups in total. The van der Waals surface area contributed by atoms with Crippen LogP contribution >= 0.6 is 0 Å². The van der Waals surface area contributed by atoms with Crippen LogP contribution in [0.25, 0.3) is 0 Å². The number of amides is 1. The largest absolute Gasteiger partial charge is 0.480 e. The Morgan fingerprint density at radius 3 is 2.58 bits per heavy atom. The van der Waals surface area contributed by atoms with Crippen molar-refractivity contribution >= 4 is 11.9 Å². The van der Waals surface area contributed by atoms with Gasteiger partial charge in [-0.05, 0) is 13.1 Å². The van der Waals surface area contributed by atoms with Gasteiger partial charge in [-0.3, -0.25) is 4.79 Å². The summed E-state index contributed by atoms with van der Waals surface area (Å²) in [4.78, 5) is 21.1. The molecule has 0 spiro atoms. The summed E-state index contributed by atoms with van der Waals surface area (Å²) in [6, 6.07) is -0.902. The van der Waals surface area contributed by atoms with E-state index in [1.165, 1.54) is 0 Å². The van der Waals surface area contributed by atoms with Gasteiger partial charge in [0.25, 0.3) is 0 Å². The molecular weight excluding hydrogens is 160 g/mol. The van der Waals surface area contributed by atoms with Crippen LogP contribution in [0.3, 0.4) is 0 Å². The van der Waals surface area contributed by atoms with Gasteiger partial charge in [-0.15, -0.1) is 0 Å². The second-order valence-electron chi connectivity index (χ2n) is 2.16. The van der Waals surface area contributed by atoms with Crippen molar-refractivity contribution in [3.8, 4) is 0 Å². The molecule has 68 valence electrons. The number of carbonyl (C=O) groups excluding carboxylic acids is 1. The number of aliphatic carboxylic acids is 1. The zero-order chi connectivity index (χ0) is 9.56. The van der Waals surface area contributed by atoms with Crippen LogP contribution in [0.15, 0.2) is 12.7 Å². The van der Waals surface area contributed by atoms with Gasteiger partial charge in [0.05, 0.1) is 0 Å². The van der Waals surface area contributed by atoms with Crippen LogP contribution < -0.4 is 10.6 Å². The summed E-state index contributed by atoms with van der Waals surface area (Å²) in [6.07, 6.45) is 1.03. The summed E-state index contributed by atoms with van der Waals surface area (Å²) in [5, 5.41) is 13.5. The Morgan fingerprint density at radius 2 is 2.25 bits per heavy atom. The second kappa shape index (κ2) is 5.31. The van der Waals surface area contributed by atoms with E-state index in [9.17, 15) is 9.59 Å². The fourth-order valence-corrected chi connectivity index (χ4v) is 0.635. The molecule has 0 aliphatic heterocycles. The normalized spacial score (nSPS) is 11.8. The van der Waals surface area contributed by atoms with Crippen molar-refractivity contribution in [3.05, 3.63) is 12.7 Å². The Morgan fingerprint density at radius 1 is 1.67 bits per heavy atom. The third-order valence-electron chi connectivity index (χ3n) is 1.21. The maximum atomic E-state index is 10.7. The summed E-state index contributed by atoms with van der Waals surface area (Å²) in [7, 11) is 1.61. The molecule has 0 aliphatic carbocycles. The molecule has 1 unspecified atom stereocenters. The molecule has 0 fully saturated rings. The van der Waals surface area contributed by atoms with E-state index >= 15 is 0 Å². The molecular formula is C7H12N2O3. The number of hydrogen-bond acceptors (Lipinski definition) is 3. The zero-order valence-electron chi connectivity index (χ0n) is 6.83. The number of carboxylic acids is 1.